The van der Waals surface area contributed by atoms with Gasteiger partial charge in [-0.1, -0.05) is 152 Å². The van der Waals surface area contributed by atoms with E-state index in [0.29, 0.717) is 0 Å². The van der Waals surface area contributed by atoms with Crippen molar-refractivity contribution in [1.82, 2.24) is 9.13 Å². The zero-order valence-electron chi connectivity index (χ0n) is 28.6. The van der Waals surface area contributed by atoms with Gasteiger partial charge in [0, 0.05) is 52.5 Å². The molecule has 0 aliphatic carbocycles. The van der Waals surface area contributed by atoms with Crippen molar-refractivity contribution in [2.75, 3.05) is 0 Å². The van der Waals surface area contributed by atoms with Crippen LogP contribution in [0.3, 0.4) is 0 Å². The fourth-order valence-electron chi connectivity index (χ4n) is 8.63. The highest BCUT2D eigenvalue weighted by molar-refractivity contribution is 8.01. The van der Waals surface area contributed by atoms with Gasteiger partial charge in [-0.15, -0.1) is 0 Å². The van der Waals surface area contributed by atoms with Crippen LogP contribution in [0.1, 0.15) is 26.3 Å². The molecule has 2 nitrogen and oxygen atoms in total. The van der Waals surface area contributed by atoms with Crippen LogP contribution in [-0.2, 0) is 5.41 Å². The van der Waals surface area contributed by atoms with Gasteiger partial charge in [0.25, 0.3) is 0 Å². The predicted molar refractivity (Wildman–Crippen MR) is 220 cm³/mol. The Balaban J connectivity index is 1.28. The van der Waals surface area contributed by atoms with Crippen molar-refractivity contribution in [3.8, 4) is 11.4 Å². The maximum atomic E-state index is 2.50. The Morgan fingerprint density at radius 1 is 0.471 bits per heavy atom. The van der Waals surface area contributed by atoms with Crippen LogP contribution in [0.4, 0.5) is 0 Å². The number of fused-ring (bicyclic) bond motifs is 12. The van der Waals surface area contributed by atoms with Gasteiger partial charge in [0.2, 0.25) is 6.71 Å². The van der Waals surface area contributed by atoms with Crippen molar-refractivity contribution in [1.29, 1.82) is 0 Å². The van der Waals surface area contributed by atoms with E-state index in [1.54, 1.807) is 0 Å². The number of aromatic nitrogens is 2. The molecule has 51 heavy (non-hydrogen) atoms. The van der Waals surface area contributed by atoms with Crippen LogP contribution >= 0.6 is 23.5 Å². The molecule has 0 bridgehead atoms. The Morgan fingerprint density at radius 2 is 0.902 bits per heavy atom. The van der Waals surface area contributed by atoms with E-state index in [1.165, 1.54) is 96.5 Å². The molecule has 2 aliphatic heterocycles. The Kier molecular flexibility index (Phi) is 6.22. The largest absolute Gasteiger partial charge is 0.308 e. The molecule has 0 saturated heterocycles. The summed E-state index contributed by atoms with van der Waals surface area (Å²) in [5, 5.41) is 5.20. The van der Waals surface area contributed by atoms with Gasteiger partial charge < -0.3 is 9.13 Å². The van der Waals surface area contributed by atoms with Gasteiger partial charge in [-0.3, -0.25) is 0 Å². The molecule has 2 aromatic heterocycles. The van der Waals surface area contributed by atoms with Crippen LogP contribution in [0.15, 0.2) is 165 Å². The highest BCUT2D eigenvalue weighted by atomic mass is 32.2. The minimum atomic E-state index is 0.0125. The monoisotopic (exact) mass is 688 g/mol. The lowest BCUT2D eigenvalue weighted by Gasteiger charge is -2.35. The summed E-state index contributed by atoms with van der Waals surface area (Å²) in [6.07, 6.45) is 0. The first-order valence-corrected chi connectivity index (χ1v) is 19.4. The summed E-state index contributed by atoms with van der Waals surface area (Å²) < 4.78 is 5.01. The minimum absolute atomic E-state index is 0.0125. The normalized spacial score (nSPS) is 13.6. The van der Waals surface area contributed by atoms with E-state index in [4.69, 9.17) is 0 Å². The molecular weight excluding hydrogens is 655 g/mol. The number of benzene rings is 7. The second kappa shape index (κ2) is 10.7. The van der Waals surface area contributed by atoms with E-state index >= 15 is 0 Å². The minimum Gasteiger partial charge on any atom is -0.308 e. The molecule has 2 aliphatic rings. The number of nitrogens with zero attached hydrogens (tertiary/aromatic N) is 2. The predicted octanol–water partition coefficient (Wildman–Crippen LogP) is 10.6. The second-order valence-electron chi connectivity index (χ2n) is 14.9. The topological polar surface area (TPSA) is 9.86 Å². The molecule has 0 radical (unpaired) electrons. The molecule has 0 spiro atoms. The summed E-state index contributed by atoms with van der Waals surface area (Å²) in [4.78, 5) is 5.50. The maximum absolute atomic E-state index is 2.50. The smallest absolute Gasteiger partial charge is 0.247 e. The van der Waals surface area contributed by atoms with E-state index in [9.17, 15) is 0 Å². The van der Waals surface area contributed by atoms with Crippen molar-refractivity contribution in [2.45, 2.75) is 45.8 Å². The Morgan fingerprint density at radius 3 is 1.35 bits per heavy atom. The van der Waals surface area contributed by atoms with Crippen LogP contribution < -0.4 is 16.4 Å². The first-order chi connectivity index (χ1) is 25.0. The van der Waals surface area contributed by atoms with Crippen molar-refractivity contribution in [3.63, 3.8) is 0 Å². The number of hydrogen-bond acceptors (Lipinski definition) is 2. The zero-order valence-corrected chi connectivity index (χ0v) is 30.3. The van der Waals surface area contributed by atoms with Crippen molar-refractivity contribution >= 4 is 90.2 Å². The van der Waals surface area contributed by atoms with Crippen LogP contribution in [0.2, 0.25) is 0 Å². The van der Waals surface area contributed by atoms with Crippen LogP contribution in [-0.4, -0.2) is 15.8 Å². The molecular formula is C46H33BN2S2. The summed E-state index contributed by atoms with van der Waals surface area (Å²) in [5.41, 5.74) is 13.1. The maximum Gasteiger partial charge on any atom is 0.247 e. The molecule has 0 fully saturated rings. The molecule has 7 aromatic carbocycles. The first-order valence-electron chi connectivity index (χ1n) is 17.7. The average molecular weight is 689 g/mol. The summed E-state index contributed by atoms with van der Waals surface area (Å²) >= 11 is 3.95. The third-order valence-electron chi connectivity index (χ3n) is 11.0. The third-order valence-corrected chi connectivity index (χ3v) is 13.4. The van der Waals surface area contributed by atoms with Crippen molar-refractivity contribution in [3.05, 3.63) is 151 Å². The number of para-hydroxylation sites is 4. The summed E-state index contributed by atoms with van der Waals surface area (Å²) in [6, 6.07) is 54.3. The Hall–Kier alpha value is -5.10. The molecule has 0 N–H and O–H groups in total. The van der Waals surface area contributed by atoms with Crippen molar-refractivity contribution < 1.29 is 0 Å². The lowest BCUT2D eigenvalue weighted by molar-refractivity contribution is 0.587. The van der Waals surface area contributed by atoms with Gasteiger partial charge in [-0.05, 0) is 65.0 Å². The molecule has 242 valence electrons. The molecule has 11 rings (SSSR count). The number of rotatable bonds is 2. The molecule has 0 amide bonds. The van der Waals surface area contributed by atoms with Crippen molar-refractivity contribution in [2.24, 2.45) is 0 Å². The van der Waals surface area contributed by atoms with Crippen LogP contribution in [0, 0.1) is 0 Å². The van der Waals surface area contributed by atoms with Crippen LogP contribution in [0.5, 0.6) is 0 Å². The Labute approximate surface area is 306 Å². The summed E-state index contributed by atoms with van der Waals surface area (Å²) in [6.45, 7) is 7.16. The molecule has 0 atom stereocenters. The van der Waals surface area contributed by atoms with Gasteiger partial charge in [-0.25, -0.2) is 0 Å². The van der Waals surface area contributed by atoms with Gasteiger partial charge in [-0.2, -0.15) is 0 Å². The summed E-state index contributed by atoms with van der Waals surface area (Å²) in [7, 11) is 0. The van der Waals surface area contributed by atoms with E-state index < -0.39 is 0 Å². The van der Waals surface area contributed by atoms with E-state index in [2.05, 4.69) is 175 Å². The zero-order chi connectivity index (χ0) is 34.0. The van der Waals surface area contributed by atoms with E-state index in [-0.39, 0.29) is 12.1 Å². The van der Waals surface area contributed by atoms with Gasteiger partial charge in [0.05, 0.1) is 22.1 Å². The fraction of sp³-hybridized carbons (Fsp3) is 0.0870. The summed E-state index contributed by atoms with van der Waals surface area (Å²) in [5.74, 6) is 0. The number of hydrogen-bond donors (Lipinski definition) is 0. The second-order valence-corrected chi connectivity index (χ2v) is 17.0. The van der Waals surface area contributed by atoms with E-state index in [0.717, 1.165) is 0 Å². The highest BCUT2D eigenvalue weighted by Crippen LogP contribution is 2.47. The molecule has 0 unspecified atom stereocenters. The molecule has 0 saturated carbocycles. The lowest BCUT2D eigenvalue weighted by Crippen LogP contribution is -2.58. The standard InChI is InChI=1S/C46H33BN2S2/c1-46(2,3)28-26-39-41-40(27-28)51-45-36(25-23-34-32-19-11-13-21-38(32)49(43(34)45)30-16-8-5-9-17-30)47(41)35-24-22-33-31-18-10-12-20-37(31)48(42(33)44(35)50-39)29-14-6-4-7-15-29/h4-27H,1-3H3. The third kappa shape index (κ3) is 4.16. The quantitative estimate of drug-likeness (QED) is 0.167. The van der Waals surface area contributed by atoms with E-state index in [1.807, 2.05) is 23.5 Å². The van der Waals surface area contributed by atoms with Gasteiger partial charge >= 0.3 is 0 Å². The first kappa shape index (κ1) is 29.6. The lowest BCUT2D eigenvalue weighted by atomic mass is 9.36. The highest BCUT2D eigenvalue weighted by Gasteiger charge is 2.41. The van der Waals surface area contributed by atoms with Gasteiger partial charge in [0.1, 0.15) is 0 Å². The SMILES string of the molecule is CC(C)(C)c1cc2c3c(c1)Sc1c(ccc4c5ccccc5n(-c5ccccc5)c14)B3c1ccc3c4ccccc4n(-c4ccccc4)c3c1S2. The average Bonchev–Trinajstić information content (AvgIpc) is 3.69. The molecule has 9 aromatic rings. The molecule has 4 heterocycles. The Bertz CT molecular complexity index is 2710. The fourth-order valence-corrected chi connectivity index (χ4v) is 11.4. The molecule has 5 heteroatoms. The van der Waals surface area contributed by atoms with Gasteiger partial charge in [0.15, 0.2) is 0 Å². The van der Waals surface area contributed by atoms with Crippen LogP contribution in [0.25, 0.3) is 55.0 Å².